The number of hydrogen-bond donors (Lipinski definition) is 0. The minimum atomic E-state index is 0.300. The molecule has 0 spiro atoms. The highest BCUT2D eigenvalue weighted by Crippen LogP contribution is 2.56. The fourth-order valence-electron chi connectivity index (χ4n) is 5.48. The molecule has 0 saturated heterocycles. The van der Waals surface area contributed by atoms with Crippen LogP contribution in [-0.4, -0.2) is 12.2 Å². The first-order valence-corrected chi connectivity index (χ1v) is 10.1. The Morgan fingerprint density at radius 2 is 0.870 bits per heavy atom. The summed E-state index contributed by atoms with van der Waals surface area (Å²) in [5.74, 6) is 0. The first kappa shape index (κ1) is 19.3. The van der Waals surface area contributed by atoms with Gasteiger partial charge in [-0.15, -0.1) is 0 Å². The zero-order chi connectivity index (χ0) is 17.5. The molecule has 2 saturated carbocycles. The topological polar surface area (TPSA) is 9.23 Å². The van der Waals surface area contributed by atoms with Gasteiger partial charge in [0.25, 0.3) is 0 Å². The predicted octanol–water partition coefficient (Wildman–Crippen LogP) is 6.99. The summed E-state index contributed by atoms with van der Waals surface area (Å²) in [7, 11) is 0. The molecule has 2 aliphatic rings. The SMILES string of the molecule is CC(OC(C)C1(C)CCCCC1(C)C)C1(C)CCCCC1(C)C. The Morgan fingerprint density at radius 1 is 0.565 bits per heavy atom. The molecule has 2 aliphatic carbocycles. The Morgan fingerprint density at radius 3 is 1.17 bits per heavy atom. The van der Waals surface area contributed by atoms with Crippen LogP contribution in [0.2, 0.25) is 0 Å². The minimum absolute atomic E-state index is 0.300. The van der Waals surface area contributed by atoms with Gasteiger partial charge in [0.1, 0.15) is 0 Å². The Bertz CT molecular complexity index is 372. The van der Waals surface area contributed by atoms with Crippen LogP contribution in [0.25, 0.3) is 0 Å². The van der Waals surface area contributed by atoms with E-state index in [1.807, 2.05) is 0 Å². The standard InChI is InChI=1S/C22H42O/c1-17(21(7)15-11-9-13-19(21,3)4)23-18(2)22(8)16-12-10-14-20(22,5)6/h17-18H,9-16H2,1-8H3. The average Bonchev–Trinajstić information content (AvgIpc) is 2.45. The molecule has 0 aromatic heterocycles. The molecule has 4 unspecified atom stereocenters. The summed E-state index contributed by atoms with van der Waals surface area (Å²) in [6.07, 6.45) is 11.5. The van der Waals surface area contributed by atoms with Crippen LogP contribution >= 0.6 is 0 Å². The molecule has 0 N–H and O–H groups in total. The monoisotopic (exact) mass is 322 g/mol. The summed E-state index contributed by atoms with van der Waals surface area (Å²) in [5, 5.41) is 0. The first-order chi connectivity index (χ1) is 10.5. The van der Waals surface area contributed by atoms with Crippen molar-refractivity contribution in [3.63, 3.8) is 0 Å². The second kappa shape index (κ2) is 6.36. The van der Waals surface area contributed by atoms with Gasteiger partial charge in [-0.3, -0.25) is 0 Å². The second-order valence-corrected chi connectivity index (χ2v) is 10.4. The maximum atomic E-state index is 6.81. The van der Waals surface area contributed by atoms with E-state index in [-0.39, 0.29) is 0 Å². The van der Waals surface area contributed by atoms with Crippen LogP contribution in [0, 0.1) is 21.7 Å². The molecule has 0 aliphatic heterocycles. The van der Waals surface area contributed by atoms with Crippen molar-refractivity contribution in [1.82, 2.24) is 0 Å². The highest BCUT2D eigenvalue weighted by atomic mass is 16.5. The number of rotatable bonds is 4. The van der Waals surface area contributed by atoms with Crippen LogP contribution in [0.3, 0.4) is 0 Å². The fourth-order valence-corrected chi connectivity index (χ4v) is 5.48. The third kappa shape index (κ3) is 3.24. The van der Waals surface area contributed by atoms with Crippen LogP contribution in [-0.2, 0) is 4.74 Å². The van der Waals surface area contributed by atoms with E-state index in [9.17, 15) is 0 Å². The van der Waals surface area contributed by atoms with Gasteiger partial charge >= 0.3 is 0 Å². The maximum Gasteiger partial charge on any atom is 0.0609 e. The smallest absolute Gasteiger partial charge is 0.0609 e. The van der Waals surface area contributed by atoms with Crippen molar-refractivity contribution in [3.05, 3.63) is 0 Å². The molecule has 0 heterocycles. The summed E-state index contributed by atoms with van der Waals surface area (Å²) >= 11 is 0. The maximum absolute atomic E-state index is 6.81. The summed E-state index contributed by atoms with van der Waals surface area (Å²) in [6, 6.07) is 0. The second-order valence-electron chi connectivity index (χ2n) is 10.4. The van der Waals surface area contributed by atoms with E-state index in [4.69, 9.17) is 4.74 Å². The van der Waals surface area contributed by atoms with Gasteiger partial charge in [-0.05, 0) is 61.2 Å². The van der Waals surface area contributed by atoms with Gasteiger partial charge < -0.3 is 4.74 Å². The van der Waals surface area contributed by atoms with Crippen molar-refractivity contribution in [2.75, 3.05) is 0 Å². The predicted molar refractivity (Wildman–Crippen MR) is 101 cm³/mol. The van der Waals surface area contributed by atoms with E-state index in [0.29, 0.717) is 33.9 Å². The van der Waals surface area contributed by atoms with Gasteiger partial charge in [-0.1, -0.05) is 67.2 Å². The molecule has 0 amide bonds. The number of ether oxygens (including phenoxy) is 1. The molecule has 4 atom stereocenters. The zero-order valence-corrected chi connectivity index (χ0v) is 17.2. The average molecular weight is 323 g/mol. The molecular weight excluding hydrogens is 280 g/mol. The molecule has 2 fully saturated rings. The Kier molecular flexibility index (Phi) is 5.33. The lowest BCUT2D eigenvalue weighted by Gasteiger charge is -2.55. The largest absolute Gasteiger partial charge is 0.374 e. The molecule has 0 radical (unpaired) electrons. The lowest BCUT2D eigenvalue weighted by atomic mass is 9.55. The van der Waals surface area contributed by atoms with E-state index in [1.165, 1.54) is 51.4 Å². The fraction of sp³-hybridized carbons (Fsp3) is 1.00. The van der Waals surface area contributed by atoms with Crippen molar-refractivity contribution in [3.8, 4) is 0 Å². The Balaban J connectivity index is 2.14. The highest BCUT2D eigenvalue weighted by Gasteiger charge is 2.51. The molecule has 0 aromatic rings. The molecule has 136 valence electrons. The Hall–Kier alpha value is -0.0400. The molecule has 0 aromatic carbocycles. The molecular formula is C22H42O. The molecule has 1 heteroatoms. The van der Waals surface area contributed by atoms with Crippen LogP contribution < -0.4 is 0 Å². The third-order valence-electron chi connectivity index (χ3n) is 8.79. The van der Waals surface area contributed by atoms with Crippen molar-refractivity contribution in [1.29, 1.82) is 0 Å². The van der Waals surface area contributed by atoms with E-state index >= 15 is 0 Å². The summed E-state index contributed by atoms with van der Waals surface area (Å²) in [4.78, 5) is 0. The van der Waals surface area contributed by atoms with Crippen LogP contribution in [0.4, 0.5) is 0 Å². The van der Waals surface area contributed by atoms with Gasteiger partial charge in [-0.2, -0.15) is 0 Å². The van der Waals surface area contributed by atoms with E-state index in [2.05, 4.69) is 55.4 Å². The summed E-state index contributed by atoms with van der Waals surface area (Å²) in [5.41, 5.74) is 1.37. The summed E-state index contributed by atoms with van der Waals surface area (Å²) in [6.45, 7) is 19.5. The molecule has 2 rings (SSSR count). The zero-order valence-electron chi connectivity index (χ0n) is 17.2. The van der Waals surface area contributed by atoms with Crippen LogP contribution in [0.5, 0.6) is 0 Å². The lowest BCUT2D eigenvalue weighted by molar-refractivity contribution is -0.179. The van der Waals surface area contributed by atoms with Crippen LogP contribution in [0.1, 0.15) is 107 Å². The van der Waals surface area contributed by atoms with Crippen molar-refractivity contribution in [2.24, 2.45) is 21.7 Å². The van der Waals surface area contributed by atoms with Gasteiger partial charge in [0.15, 0.2) is 0 Å². The third-order valence-corrected chi connectivity index (χ3v) is 8.79. The minimum Gasteiger partial charge on any atom is -0.374 e. The normalized spacial score (nSPS) is 39.7. The van der Waals surface area contributed by atoms with E-state index in [1.54, 1.807) is 0 Å². The van der Waals surface area contributed by atoms with Gasteiger partial charge in [0.05, 0.1) is 12.2 Å². The van der Waals surface area contributed by atoms with Gasteiger partial charge in [-0.25, -0.2) is 0 Å². The van der Waals surface area contributed by atoms with Gasteiger partial charge in [0.2, 0.25) is 0 Å². The molecule has 23 heavy (non-hydrogen) atoms. The summed E-state index contributed by atoms with van der Waals surface area (Å²) < 4.78 is 6.81. The molecule has 0 bridgehead atoms. The van der Waals surface area contributed by atoms with Gasteiger partial charge in [0, 0.05) is 0 Å². The van der Waals surface area contributed by atoms with Crippen LogP contribution in [0.15, 0.2) is 0 Å². The van der Waals surface area contributed by atoms with E-state index < -0.39 is 0 Å². The number of hydrogen-bond acceptors (Lipinski definition) is 1. The van der Waals surface area contributed by atoms with E-state index in [0.717, 1.165) is 0 Å². The Labute approximate surface area is 146 Å². The van der Waals surface area contributed by atoms with Crippen molar-refractivity contribution < 1.29 is 4.74 Å². The van der Waals surface area contributed by atoms with Crippen molar-refractivity contribution >= 4 is 0 Å². The first-order valence-electron chi connectivity index (χ1n) is 10.1. The van der Waals surface area contributed by atoms with Crippen molar-refractivity contribution in [2.45, 2.75) is 119 Å². The molecule has 1 nitrogen and oxygen atoms in total. The lowest BCUT2D eigenvalue weighted by Crippen LogP contribution is -2.52. The quantitative estimate of drug-likeness (QED) is 0.541. The highest BCUT2D eigenvalue weighted by molar-refractivity contribution is 5.00.